The molecule has 1 amide bonds. The fourth-order valence-corrected chi connectivity index (χ4v) is 2.39. The van der Waals surface area contributed by atoms with Gasteiger partial charge in [-0.15, -0.1) is 11.6 Å². The maximum atomic E-state index is 11.8. The standard InChI is InChI=1S/C16H24ClNO/c1-3-14(9-10-17)12-18-16(19)8-7-15-6-4-5-13(2)11-15/h4-6,11,14H,3,7-10,12H2,1-2H3,(H,18,19). The minimum atomic E-state index is 0.134. The van der Waals surface area contributed by atoms with E-state index in [0.29, 0.717) is 18.2 Å². The molecular formula is C16H24ClNO. The summed E-state index contributed by atoms with van der Waals surface area (Å²) in [7, 11) is 0. The second-order valence-corrected chi connectivity index (χ2v) is 5.42. The molecule has 1 rings (SSSR count). The number of aryl methyl sites for hydroxylation is 2. The van der Waals surface area contributed by atoms with E-state index < -0.39 is 0 Å². The van der Waals surface area contributed by atoms with Gasteiger partial charge in [-0.3, -0.25) is 4.79 Å². The van der Waals surface area contributed by atoms with E-state index in [9.17, 15) is 4.79 Å². The molecule has 1 N–H and O–H groups in total. The van der Waals surface area contributed by atoms with Gasteiger partial charge in [0.25, 0.3) is 0 Å². The van der Waals surface area contributed by atoms with Gasteiger partial charge in [0.1, 0.15) is 0 Å². The Morgan fingerprint density at radius 3 is 2.84 bits per heavy atom. The van der Waals surface area contributed by atoms with Crippen molar-refractivity contribution >= 4 is 17.5 Å². The maximum absolute atomic E-state index is 11.8. The van der Waals surface area contributed by atoms with E-state index in [1.807, 2.05) is 6.07 Å². The first-order valence-corrected chi connectivity index (χ1v) is 7.57. The number of benzene rings is 1. The fraction of sp³-hybridized carbons (Fsp3) is 0.562. The van der Waals surface area contributed by atoms with E-state index >= 15 is 0 Å². The predicted octanol–water partition coefficient (Wildman–Crippen LogP) is 3.70. The maximum Gasteiger partial charge on any atom is 0.220 e. The molecule has 106 valence electrons. The highest BCUT2D eigenvalue weighted by Gasteiger charge is 2.08. The lowest BCUT2D eigenvalue weighted by Crippen LogP contribution is -2.29. The van der Waals surface area contributed by atoms with Crippen molar-refractivity contribution in [1.82, 2.24) is 5.32 Å². The van der Waals surface area contributed by atoms with Gasteiger partial charge < -0.3 is 5.32 Å². The SMILES string of the molecule is CCC(CCCl)CNC(=O)CCc1cccc(C)c1. The summed E-state index contributed by atoms with van der Waals surface area (Å²) in [4.78, 5) is 11.8. The first-order valence-electron chi connectivity index (χ1n) is 7.04. The zero-order valence-electron chi connectivity index (χ0n) is 11.9. The predicted molar refractivity (Wildman–Crippen MR) is 81.6 cm³/mol. The Morgan fingerprint density at radius 1 is 1.42 bits per heavy atom. The molecule has 1 aromatic rings. The number of amides is 1. The lowest BCUT2D eigenvalue weighted by Gasteiger charge is -2.14. The van der Waals surface area contributed by atoms with Gasteiger partial charge in [-0.2, -0.15) is 0 Å². The summed E-state index contributed by atoms with van der Waals surface area (Å²) in [6.07, 6.45) is 3.39. The molecule has 0 aliphatic rings. The molecule has 3 heteroatoms. The quantitative estimate of drug-likeness (QED) is 0.723. The van der Waals surface area contributed by atoms with E-state index in [1.165, 1.54) is 11.1 Å². The summed E-state index contributed by atoms with van der Waals surface area (Å²) >= 11 is 5.73. The smallest absolute Gasteiger partial charge is 0.220 e. The van der Waals surface area contributed by atoms with E-state index in [-0.39, 0.29) is 5.91 Å². The lowest BCUT2D eigenvalue weighted by atomic mass is 10.0. The molecule has 0 bridgehead atoms. The molecule has 0 spiro atoms. The topological polar surface area (TPSA) is 29.1 Å². The van der Waals surface area contributed by atoms with Crippen molar-refractivity contribution in [3.63, 3.8) is 0 Å². The van der Waals surface area contributed by atoms with Crippen LogP contribution in [0.15, 0.2) is 24.3 Å². The summed E-state index contributed by atoms with van der Waals surface area (Å²) in [5.41, 5.74) is 2.47. The zero-order chi connectivity index (χ0) is 14.1. The average Bonchev–Trinajstić information content (AvgIpc) is 2.41. The fourth-order valence-electron chi connectivity index (χ4n) is 2.08. The molecule has 0 aliphatic heterocycles. The van der Waals surface area contributed by atoms with Crippen LogP contribution in [-0.4, -0.2) is 18.3 Å². The van der Waals surface area contributed by atoms with Gasteiger partial charge in [0, 0.05) is 18.8 Å². The number of carbonyl (C=O) groups excluding carboxylic acids is 1. The lowest BCUT2D eigenvalue weighted by molar-refractivity contribution is -0.121. The minimum absolute atomic E-state index is 0.134. The molecule has 0 saturated heterocycles. The van der Waals surface area contributed by atoms with Gasteiger partial charge in [-0.05, 0) is 31.2 Å². The first-order chi connectivity index (χ1) is 9.15. The summed E-state index contributed by atoms with van der Waals surface area (Å²) in [6.45, 7) is 4.95. The van der Waals surface area contributed by atoms with E-state index in [4.69, 9.17) is 11.6 Å². The monoisotopic (exact) mass is 281 g/mol. The number of halogens is 1. The van der Waals surface area contributed by atoms with Gasteiger partial charge in [-0.1, -0.05) is 43.2 Å². The van der Waals surface area contributed by atoms with E-state index in [0.717, 1.165) is 25.8 Å². The summed E-state index contributed by atoms with van der Waals surface area (Å²) in [5.74, 6) is 1.30. The molecule has 0 aromatic heterocycles. The van der Waals surface area contributed by atoms with Crippen LogP contribution >= 0.6 is 11.6 Å². The first kappa shape index (κ1) is 16.0. The van der Waals surface area contributed by atoms with Gasteiger partial charge in [0.2, 0.25) is 5.91 Å². The van der Waals surface area contributed by atoms with Crippen molar-refractivity contribution in [3.05, 3.63) is 35.4 Å². The second-order valence-electron chi connectivity index (χ2n) is 5.05. The van der Waals surface area contributed by atoms with E-state index in [2.05, 4.69) is 37.4 Å². The molecule has 2 nitrogen and oxygen atoms in total. The number of carbonyl (C=O) groups is 1. The molecule has 19 heavy (non-hydrogen) atoms. The second kappa shape index (κ2) is 8.98. The van der Waals surface area contributed by atoms with Crippen molar-refractivity contribution in [2.75, 3.05) is 12.4 Å². The van der Waals surface area contributed by atoms with E-state index in [1.54, 1.807) is 0 Å². The highest BCUT2D eigenvalue weighted by atomic mass is 35.5. The zero-order valence-corrected chi connectivity index (χ0v) is 12.7. The van der Waals surface area contributed by atoms with Crippen LogP contribution in [0, 0.1) is 12.8 Å². The van der Waals surface area contributed by atoms with Crippen molar-refractivity contribution in [2.24, 2.45) is 5.92 Å². The highest BCUT2D eigenvalue weighted by Crippen LogP contribution is 2.09. The van der Waals surface area contributed by atoms with Crippen molar-refractivity contribution in [2.45, 2.75) is 39.5 Å². The number of rotatable bonds is 8. The minimum Gasteiger partial charge on any atom is -0.356 e. The summed E-state index contributed by atoms with van der Waals surface area (Å²) in [6, 6.07) is 8.32. The van der Waals surface area contributed by atoms with Crippen LogP contribution in [0.4, 0.5) is 0 Å². The summed E-state index contributed by atoms with van der Waals surface area (Å²) in [5, 5.41) is 3.01. The molecule has 0 radical (unpaired) electrons. The van der Waals surface area contributed by atoms with Crippen LogP contribution in [0.3, 0.4) is 0 Å². The van der Waals surface area contributed by atoms with Crippen LogP contribution in [0.25, 0.3) is 0 Å². The third-order valence-corrected chi connectivity index (χ3v) is 3.62. The van der Waals surface area contributed by atoms with Crippen molar-refractivity contribution < 1.29 is 4.79 Å². The van der Waals surface area contributed by atoms with Crippen molar-refractivity contribution in [1.29, 1.82) is 0 Å². The van der Waals surface area contributed by atoms with Gasteiger partial charge in [-0.25, -0.2) is 0 Å². The Morgan fingerprint density at radius 2 is 2.21 bits per heavy atom. The Bertz CT molecular complexity index is 392. The molecule has 1 aromatic carbocycles. The Labute approximate surface area is 121 Å². The third kappa shape index (κ3) is 6.63. The van der Waals surface area contributed by atoms with Gasteiger partial charge >= 0.3 is 0 Å². The Hall–Kier alpha value is -1.02. The van der Waals surface area contributed by atoms with Crippen molar-refractivity contribution in [3.8, 4) is 0 Å². The number of nitrogens with one attached hydrogen (secondary N) is 1. The van der Waals surface area contributed by atoms with Crippen LogP contribution in [-0.2, 0) is 11.2 Å². The number of hydrogen-bond donors (Lipinski definition) is 1. The van der Waals surface area contributed by atoms with Crippen LogP contribution in [0.1, 0.15) is 37.3 Å². The molecule has 0 aliphatic carbocycles. The Kier molecular flexibility index (Phi) is 7.57. The van der Waals surface area contributed by atoms with Gasteiger partial charge in [0.05, 0.1) is 0 Å². The molecule has 0 heterocycles. The van der Waals surface area contributed by atoms with Crippen LogP contribution in [0.2, 0.25) is 0 Å². The molecule has 1 atom stereocenters. The molecule has 0 fully saturated rings. The van der Waals surface area contributed by atoms with Crippen LogP contribution < -0.4 is 5.32 Å². The number of hydrogen-bond acceptors (Lipinski definition) is 1. The Balaban J connectivity index is 2.28. The van der Waals surface area contributed by atoms with Crippen LogP contribution in [0.5, 0.6) is 0 Å². The third-order valence-electron chi connectivity index (χ3n) is 3.41. The van der Waals surface area contributed by atoms with Gasteiger partial charge in [0.15, 0.2) is 0 Å². The molecule has 0 saturated carbocycles. The largest absolute Gasteiger partial charge is 0.356 e. The number of alkyl halides is 1. The molecular weight excluding hydrogens is 258 g/mol. The summed E-state index contributed by atoms with van der Waals surface area (Å²) < 4.78 is 0. The normalized spacial score (nSPS) is 12.2. The highest BCUT2D eigenvalue weighted by molar-refractivity contribution is 6.17. The molecule has 1 unspecified atom stereocenters. The average molecular weight is 282 g/mol.